The van der Waals surface area contributed by atoms with E-state index in [4.69, 9.17) is 0 Å². The van der Waals surface area contributed by atoms with E-state index in [2.05, 4.69) is 79.2 Å². The quantitative estimate of drug-likeness (QED) is 0.537. The minimum absolute atomic E-state index is 0.389. The Morgan fingerprint density at radius 1 is 0.905 bits per heavy atom. The zero-order valence-corrected chi connectivity index (χ0v) is 14.9. The van der Waals surface area contributed by atoms with Crippen LogP contribution in [-0.2, 0) is 12.8 Å². The topological polar surface area (TPSA) is 0 Å². The molecule has 2 aromatic rings. The third kappa shape index (κ3) is 4.71. The molecule has 0 radical (unpaired) electrons. The molecule has 0 nitrogen and oxygen atoms in total. The van der Waals surface area contributed by atoms with Crippen LogP contribution in [0.15, 0.2) is 42.5 Å². The number of aryl methyl sites for hydroxylation is 3. The van der Waals surface area contributed by atoms with Gasteiger partial charge in [0.1, 0.15) is 0 Å². The molecule has 0 fully saturated rings. The van der Waals surface area contributed by atoms with Gasteiger partial charge in [-0.25, -0.2) is 0 Å². The van der Waals surface area contributed by atoms with Crippen molar-refractivity contribution >= 4 is 15.9 Å². The Kier molecular flexibility index (Phi) is 6.05. The summed E-state index contributed by atoms with van der Waals surface area (Å²) in [7, 11) is 0. The molecule has 2 rings (SSSR count). The van der Waals surface area contributed by atoms with E-state index < -0.39 is 0 Å². The molecule has 2 aromatic carbocycles. The van der Waals surface area contributed by atoms with E-state index in [9.17, 15) is 0 Å². The van der Waals surface area contributed by atoms with E-state index >= 15 is 0 Å². The van der Waals surface area contributed by atoms with Gasteiger partial charge in [-0.3, -0.25) is 0 Å². The number of rotatable bonds is 6. The minimum Gasteiger partial charge on any atom is -0.0835 e. The Bertz CT molecular complexity index is 569. The summed E-state index contributed by atoms with van der Waals surface area (Å²) < 4.78 is 0. The standard InChI is InChI=1S/C20H25Br/c1-4-5-6-17-9-11-19(12-10-17)20(21)14-18-8-7-15(2)16(3)13-18/h7-13,20H,4-6,14H2,1-3H3. The van der Waals surface area contributed by atoms with Crippen molar-refractivity contribution in [2.45, 2.75) is 51.3 Å². The summed E-state index contributed by atoms with van der Waals surface area (Å²) in [6.07, 6.45) is 4.77. The van der Waals surface area contributed by atoms with Crippen LogP contribution in [0.5, 0.6) is 0 Å². The number of unbranched alkanes of at least 4 members (excludes halogenated alkanes) is 1. The third-order valence-corrected chi connectivity index (χ3v) is 5.00. The van der Waals surface area contributed by atoms with Gasteiger partial charge >= 0.3 is 0 Å². The van der Waals surface area contributed by atoms with Crippen LogP contribution in [0.25, 0.3) is 0 Å². The van der Waals surface area contributed by atoms with Crippen LogP contribution in [0, 0.1) is 13.8 Å². The molecular weight excluding hydrogens is 320 g/mol. The van der Waals surface area contributed by atoms with Crippen LogP contribution < -0.4 is 0 Å². The molecule has 1 heteroatoms. The summed E-state index contributed by atoms with van der Waals surface area (Å²) in [5.74, 6) is 0. The number of alkyl halides is 1. The fourth-order valence-corrected chi connectivity index (χ4v) is 3.21. The van der Waals surface area contributed by atoms with Crippen molar-refractivity contribution in [1.82, 2.24) is 0 Å². The van der Waals surface area contributed by atoms with Crippen LogP contribution in [0.2, 0.25) is 0 Å². The average molecular weight is 345 g/mol. The molecule has 1 atom stereocenters. The van der Waals surface area contributed by atoms with Gasteiger partial charge in [0.25, 0.3) is 0 Å². The highest BCUT2D eigenvalue weighted by molar-refractivity contribution is 9.09. The molecule has 0 amide bonds. The zero-order chi connectivity index (χ0) is 15.2. The maximum atomic E-state index is 3.84. The lowest BCUT2D eigenvalue weighted by atomic mass is 9.99. The van der Waals surface area contributed by atoms with Crippen LogP contribution in [0.1, 0.15) is 52.4 Å². The number of halogens is 1. The van der Waals surface area contributed by atoms with Crippen molar-refractivity contribution in [2.24, 2.45) is 0 Å². The first kappa shape index (κ1) is 16.3. The highest BCUT2D eigenvalue weighted by Crippen LogP contribution is 2.28. The van der Waals surface area contributed by atoms with Gasteiger partial charge in [-0.05, 0) is 60.9 Å². The monoisotopic (exact) mass is 344 g/mol. The van der Waals surface area contributed by atoms with Crippen molar-refractivity contribution in [1.29, 1.82) is 0 Å². The van der Waals surface area contributed by atoms with Gasteiger partial charge in [-0.1, -0.05) is 71.7 Å². The smallest absolute Gasteiger partial charge is 0.0435 e. The molecule has 0 aliphatic heterocycles. The molecule has 0 aliphatic carbocycles. The highest BCUT2D eigenvalue weighted by atomic mass is 79.9. The molecular formula is C20H25Br. The van der Waals surface area contributed by atoms with Gasteiger partial charge in [0, 0.05) is 4.83 Å². The predicted molar refractivity (Wildman–Crippen MR) is 96.3 cm³/mol. The second-order valence-corrected chi connectivity index (χ2v) is 7.04. The summed E-state index contributed by atoms with van der Waals surface area (Å²) >= 11 is 3.84. The Morgan fingerprint density at radius 3 is 2.19 bits per heavy atom. The average Bonchev–Trinajstić information content (AvgIpc) is 2.49. The molecule has 0 aliphatic rings. The lowest BCUT2D eigenvalue weighted by Crippen LogP contribution is -1.97. The summed E-state index contributed by atoms with van der Waals surface area (Å²) in [5, 5.41) is 0. The minimum atomic E-state index is 0.389. The Morgan fingerprint density at radius 2 is 1.57 bits per heavy atom. The number of benzene rings is 2. The van der Waals surface area contributed by atoms with Gasteiger partial charge in [0.05, 0.1) is 0 Å². The summed E-state index contributed by atoms with van der Waals surface area (Å²) in [4.78, 5) is 0.389. The second-order valence-electron chi connectivity index (χ2n) is 5.94. The van der Waals surface area contributed by atoms with Crippen molar-refractivity contribution in [2.75, 3.05) is 0 Å². The van der Waals surface area contributed by atoms with Gasteiger partial charge in [-0.2, -0.15) is 0 Å². The molecule has 0 spiro atoms. The fraction of sp³-hybridized carbons (Fsp3) is 0.400. The molecule has 0 bridgehead atoms. The predicted octanol–water partition coefficient (Wildman–Crippen LogP) is 6.32. The summed E-state index contributed by atoms with van der Waals surface area (Å²) in [6.45, 7) is 6.59. The second kappa shape index (κ2) is 7.79. The van der Waals surface area contributed by atoms with E-state index in [0.717, 1.165) is 6.42 Å². The maximum Gasteiger partial charge on any atom is 0.0435 e. The SMILES string of the molecule is CCCCc1ccc(C(Br)Cc2ccc(C)c(C)c2)cc1. The van der Waals surface area contributed by atoms with Crippen molar-refractivity contribution in [3.63, 3.8) is 0 Å². The molecule has 112 valence electrons. The highest BCUT2D eigenvalue weighted by Gasteiger charge is 2.09. The number of hydrogen-bond acceptors (Lipinski definition) is 0. The third-order valence-electron chi connectivity index (χ3n) is 4.15. The molecule has 0 saturated carbocycles. The zero-order valence-electron chi connectivity index (χ0n) is 13.3. The molecule has 0 saturated heterocycles. The van der Waals surface area contributed by atoms with Crippen LogP contribution in [0.4, 0.5) is 0 Å². The van der Waals surface area contributed by atoms with Gasteiger partial charge in [0.15, 0.2) is 0 Å². The molecule has 0 N–H and O–H groups in total. The van der Waals surface area contributed by atoms with Gasteiger partial charge in [-0.15, -0.1) is 0 Å². The molecule has 0 heterocycles. The lowest BCUT2D eigenvalue weighted by Gasteiger charge is -2.12. The first-order valence-electron chi connectivity index (χ1n) is 7.89. The van der Waals surface area contributed by atoms with Crippen LogP contribution in [0.3, 0.4) is 0 Å². The Labute approximate surface area is 137 Å². The number of hydrogen-bond donors (Lipinski definition) is 0. The van der Waals surface area contributed by atoms with Crippen molar-refractivity contribution < 1.29 is 0 Å². The van der Waals surface area contributed by atoms with E-state index in [1.165, 1.54) is 47.1 Å². The fourth-order valence-electron chi connectivity index (χ4n) is 2.53. The van der Waals surface area contributed by atoms with Crippen LogP contribution >= 0.6 is 15.9 Å². The summed E-state index contributed by atoms with van der Waals surface area (Å²) in [5.41, 5.74) is 6.96. The van der Waals surface area contributed by atoms with E-state index in [0.29, 0.717) is 4.83 Å². The molecule has 1 unspecified atom stereocenters. The Hall–Kier alpha value is -1.08. The normalized spacial score (nSPS) is 12.4. The largest absolute Gasteiger partial charge is 0.0835 e. The maximum absolute atomic E-state index is 3.84. The van der Waals surface area contributed by atoms with E-state index in [1.54, 1.807) is 0 Å². The van der Waals surface area contributed by atoms with Gasteiger partial charge < -0.3 is 0 Å². The van der Waals surface area contributed by atoms with Crippen molar-refractivity contribution in [3.05, 3.63) is 70.3 Å². The first-order chi connectivity index (χ1) is 10.1. The first-order valence-corrected chi connectivity index (χ1v) is 8.80. The van der Waals surface area contributed by atoms with Gasteiger partial charge in [0.2, 0.25) is 0 Å². The lowest BCUT2D eigenvalue weighted by molar-refractivity contribution is 0.794. The Balaban J connectivity index is 2.02. The van der Waals surface area contributed by atoms with E-state index in [-0.39, 0.29) is 0 Å². The van der Waals surface area contributed by atoms with Crippen molar-refractivity contribution in [3.8, 4) is 0 Å². The van der Waals surface area contributed by atoms with E-state index in [1.807, 2.05) is 0 Å². The molecule has 21 heavy (non-hydrogen) atoms. The summed E-state index contributed by atoms with van der Waals surface area (Å²) in [6, 6.07) is 15.9. The molecule has 0 aromatic heterocycles. The van der Waals surface area contributed by atoms with Crippen LogP contribution in [-0.4, -0.2) is 0 Å².